The maximum Gasteiger partial charge on any atom is 0.330 e. The van der Waals surface area contributed by atoms with Crippen LogP contribution in [0, 0.1) is 17.5 Å². The van der Waals surface area contributed by atoms with E-state index >= 15 is 0 Å². The summed E-state index contributed by atoms with van der Waals surface area (Å²) in [4.78, 5) is 11.1. The predicted molar refractivity (Wildman–Crippen MR) is 69.7 cm³/mol. The molecule has 0 aliphatic rings. The van der Waals surface area contributed by atoms with Crippen molar-refractivity contribution in [2.75, 3.05) is 7.11 Å². The zero-order valence-electron chi connectivity index (χ0n) is 11.2. The highest BCUT2D eigenvalue weighted by molar-refractivity contribution is 5.90. The van der Waals surface area contributed by atoms with E-state index in [0.717, 1.165) is 12.1 Å². The molecular formula is C15H11F3O3. The van der Waals surface area contributed by atoms with E-state index < -0.39 is 23.4 Å². The number of rotatable bonds is 3. The molecule has 0 unspecified atom stereocenters. The normalized spacial score (nSPS) is 11.6. The second-order valence-electron chi connectivity index (χ2n) is 4.24. The fraction of sp³-hybridized carbons (Fsp3) is 0.133. The molecule has 21 heavy (non-hydrogen) atoms. The van der Waals surface area contributed by atoms with Crippen LogP contribution in [0.1, 0.15) is 12.7 Å². The minimum atomic E-state index is -1.56. The van der Waals surface area contributed by atoms with E-state index in [1.54, 1.807) is 6.92 Å². The number of furan rings is 1. The topological polar surface area (TPSA) is 39.4 Å². The van der Waals surface area contributed by atoms with E-state index in [1.807, 2.05) is 0 Å². The number of hydrogen-bond acceptors (Lipinski definition) is 3. The van der Waals surface area contributed by atoms with E-state index in [4.69, 9.17) is 4.42 Å². The molecule has 0 atom stereocenters. The van der Waals surface area contributed by atoms with Crippen molar-refractivity contribution in [2.24, 2.45) is 0 Å². The van der Waals surface area contributed by atoms with E-state index in [1.165, 1.54) is 25.3 Å². The molecule has 3 nitrogen and oxygen atoms in total. The molecule has 0 bridgehead atoms. The minimum Gasteiger partial charge on any atom is -0.466 e. The molecule has 0 aliphatic heterocycles. The van der Waals surface area contributed by atoms with E-state index in [0.29, 0.717) is 11.3 Å². The monoisotopic (exact) mass is 296 g/mol. The highest BCUT2D eigenvalue weighted by Gasteiger charge is 2.17. The van der Waals surface area contributed by atoms with Crippen LogP contribution in [0.25, 0.3) is 16.9 Å². The summed E-state index contributed by atoms with van der Waals surface area (Å²) in [7, 11) is 1.23. The molecule has 0 saturated heterocycles. The van der Waals surface area contributed by atoms with Gasteiger partial charge in [0.25, 0.3) is 0 Å². The van der Waals surface area contributed by atoms with Crippen molar-refractivity contribution in [1.29, 1.82) is 0 Å². The molecule has 2 aromatic rings. The number of ether oxygens (including phenoxy) is 1. The van der Waals surface area contributed by atoms with Gasteiger partial charge in [0.05, 0.1) is 12.7 Å². The lowest BCUT2D eigenvalue weighted by molar-refractivity contribution is -0.134. The summed E-state index contributed by atoms with van der Waals surface area (Å²) in [6.45, 7) is 1.60. The number of carbonyl (C=O) groups is 1. The third-order valence-electron chi connectivity index (χ3n) is 2.83. The molecule has 0 N–H and O–H groups in total. The van der Waals surface area contributed by atoms with Gasteiger partial charge in [-0.2, -0.15) is 0 Å². The van der Waals surface area contributed by atoms with Crippen LogP contribution in [0.5, 0.6) is 0 Å². The molecule has 2 rings (SSSR count). The number of halogens is 3. The lowest BCUT2D eigenvalue weighted by Crippen LogP contribution is -1.95. The second-order valence-corrected chi connectivity index (χ2v) is 4.24. The number of allylic oxidation sites excluding steroid dienone is 1. The van der Waals surface area contributed by atoms with Gasteiger partial charge >= 0.3 is 5.97 Å². The lowest BCUT2D eigenvalue weighted by Gasteiger charge is -2.02. The van der Waals surface area contributed by atoms with E-state index in [2.05, 4.69) is 4.74 Å². The summed E-state index contributed by atoms with van der Waals surface area (Å²) < 4.78 is 49.6. The van der Waals surface area contributed by atoms with Crippen molar-refractivity contribution in [3.05, 3.63) is 53.6 Å². The van der Waals surface area contributed by atoms with Crippen molar-refractivity contribution in [1.82, 2.24) is 0 Å². The molecule has 6 heteroatoms. The largest absolute Gasteiger partial charge is 0.466 e. The number of hydrogen-bond donors (Lipinski definition) is 0. The van der Waals surface area contributed by atoms with Gasteiger partial charge in [0.15, 0.2) is 17.5 Å². The average molecular weight is 296 g/mol. The number of carbonyl (C=O) groups excluding carboxylic acids is 1. The summed E-state index contributed by atoms with van der Waals surface area (Å²) in [6.07, 6.45) is 1.20. The highest BCUT2D eigenvalue weighted by atomic mass is 19.2. The van der Waals surface area contributed by atoms with Crippen molar-refractivity contribution in [3.63, 3.8) is 0 Å². The van der Waals surface area contributed by atoms with Crippen molar-refractivity contribution >= 4 is 11.5 Å². The van der Waals surface area contributed by atoms with Gasteiger partial charge in [-0.3, -0.25) is 0 Å². The molecule has 1 aromatic heterocycles. The van der Waals surface area contributed by atoms with Crippen LogP contribution < -0.4 is 0 Å². The zero-order valence-corrected chi connectivity index (χ0v) is 11.2. The molecule has 1 heterocycles. The number of benzene rings is 1. The fourth-order valence-corrected chi connectivity index (χ4v) is 1.72. The third-order valence-corrected chi connectivity index (χ3v) is 2.83. The van der Waals surface area contributed by atoms with Crippen molar-refractivity contribution in [2.45, 2.75) is 6.92 Å². The summed E-state index contributed by atoms with van der Waals surface area (Å²) >= 11 is 0. The highest BCUT2D eigenvalue weighted by Crippen LogP contribution is 2.29. The zero-order chi connectivity index (χ0) is 15.6. The van der Waals surface area contributed by atoms with E-state index in [-0.39, 0.29) is 11.3 Å². The molecular weight excluding hydrogens is 285 g/mol. The maximum absolute atomic E-state index is 13.7. The Morgan fingerprint density at radius 1 is 1.14 bits per heavy atom. The Morgan fingerprint density at radius 3 is 2.52 bits per heavy atom. The first-order chi connectivity index (χ1) is 9.93. The molecule has 0 saturated carbocycles. The molecule has 0 aliphatic carbocycles. The number of esters is 1. The Balaban J connectivity index is 2.39. The Bertz CT molecular complexity index is 717. The molecule has 0 amide bonds. The summed E-state index contributed by atoms with van der Waals surface area (Å²) in [6, 6.07) is 4.79. The van der Waals surface area contributed by atoms with Gasteiger partial charge in [-0.25, -0.2) is 18.0 Å². The average Bonchev–Trinajstić information content (AvgIpc) is 2.94. The second kappa shape index (κ2) is 5.87. The minimum absolute atomic E-state index is 0.0269. The van der Waals surface area contributed by atoms with Crippen LogP contribution >= 0.6 is 0 Å². The van der Waals surface area contributed by atoms with Crippen LogP contribution in [0.15, 0.2) is 34.8 Å². The summed E-state index contributed by atoms with van der Waals surface area (Å²) in [5.74, 6) is -4.41. The van der Waals surface area contributed by atoms with Gasteiger partial charge in [-0.15, -0.1) is 0 Å². The van der Waals surface area contributed by atoms with Crippen LogP contribution in [-0.2, 0) is 9.53 Å². The Kier molecular flexibility index (Phi) is 4.16. The molecule has 0 fully saturated rings. The summed E-state index contributed by atoms with van der Waals surface area (Å²) in [5, 5.41) is 0. The van der Waals surface area contributed by atoms with Crippen LogP contribution in [0.2, 0.25) is 0 Å². The predicted octanol–water partition coefficient (Wildman–Crippen LogP) is 3.94. The van der Waals surface area contributed by atoms with Crippen LogP contribution in [-0.4, -0.2) is 13.1 Å². The quantitative estimate of drug-likeness (QED) is 0.489. The van der Waals surface area contributed by atoms with Crippen molar-refractivity contribution < 1.29 is 27.1 Å². The molecule has 0 radical (unpaired) electrons. The van der Waals surface area contributed by atoms with Gasteiger partial charge in [-0.1, -0.05) is 0 Å². The van der Waals surface area contributed by atoms with Gasteiger partial charge in [0.2, 0.25) is 0 Å². The van der Waals surface area contributed by atoms with Gasteiger partial charge in [0.1, 0.15) is 11.5 Å². The first kappa shape index (κ1) is 14.9. The van der Waals surface area contributed by atoms with Crippen LogP contribution in [0.3, 0.4) is 0 Å². The van der Waals surface area contributed by atoms with Crippen LogP contribution in [0.4, 0.5) is 13.2 Å². The third kappa shape index (κ3) is 2.99. The van der Waals surface area contributed by atoms with Gasteiger partial charge in [0, 0.05) is 6.08 Å². The molecule has 1 aromatic carbocycles. The smallest absolute Gasteiger partial charge is 0.330 e. The standard InChI is InChI=1S/C15H11F3O3/c1-8(7-13(19)20-2)11-5-6-12(21-11)9-3-4-10(16)15(18)14(9)17/h3-7H,1-2H3/b8-7+. The Morgan fingerprint density at radius 2 is 1.86 bits per heavy atom. The maximum atomic E-state index is 13.7. The van der Waals surface area contributed by atoms with Gasteiger partial charge < -0.3 is 9.15 Å². The SMILES string of the molecule is COC(=O)/C=C(\C)c1ccc(-c2ccc(F)c(F)c2F)o1. The molecule has 0 spiro atoms. The fourth-order valence-electron chi connectivity index (χ4n) is 1.72. The summed E-state index contributed by atoms with van der Waals surface area (Å²) in [5.41, 5.74) is 0.252. The lowest BCUT2D eigenvalue weighted by atomic mass is 10.1. The van der Waals surface area contributed by atoms with Crippen molar-refractivity contribution in [3.8, 4) is 11.3 Å². The Labute approximate surface area is 118 Å². The first-order valence-corrected chi connectivity index (χ1v) is 5.94. The first-order valence-electron chi connectivity index (χ1n) is 5.94. The molecule has 110 valence electrons. The number of methoxy groups -OCH3 is 1. The van der Waals surface area contributed by atoms with E-state index in [9.17, 15) is 18.0 Å². The van der Waals surface area contributed by atoms with Gasteiger partial charge in [-0.05, 0) is 36.8 Å². The Hall–Kier alpha value is -2.50.